The van der Waals surface area contributed by atoms with E-state index >= 15 is 0 Å². The molecule has 1 aromatic heterocycles. The van der Waals surface area contributed by atoms with Crippen molar-refractivity contribution in [3.8, 4) is 11.5 Å². The minimum atomic E-state index is -3.85. The summed E-state index contributed by atoms with van der Waals surface area (Å²) in [5.41, 5.74) is 0.845. The van der Waals surface area contributed by atoms with Crippen LogP contribution in [-0.2, 0) is 10.0 Å². The fraction of sp³-hybridized carbons (Fsp3) is 0. The molecule has 32 heavy (non-hydrogen) atoms. The van der Waals surface area contributed by atoms with E-state index in [-0.39, 0.29) is 16.8 Å². The third-order valence-electron chi connectivity index (χ3n) is 4.29. The highest BCUT2D eigenvalue weighted by atomic mass is 32.2. The van der Waals surface area contributed by atoms with Gasteiger partial charge >= 0.3 is 0 Å². The number of ether oxygens (including phenoxy) is 1. The minimum absolute atomic E-state index is 0.0150. The van der Waals surface area contributed by atoms with Gasteiger partial charge < -0.3 is 10.1 Å². The first-order valence-corrected chi connectivity index (χ1v) is 11.0. The van der Waals surface area contributed by atoms with Gasteiger partial charge in [-0.1, -0.05) is 24.3 Å². The van der Waals surface area contributed by atoms with E-state index in [0.29, 0.717) is 22.7 Å². The molecule has 0 bridgehead atoms. The summed E-state index contributed by atoms with van der Waals surface area (Å²) in [6.45, 7) is 0. The third-order valence-corrected chi connectivity index (χ3v) is 5.63. The molecule has 0 atom stereocenters. The number of anilines is 2. The average Bonchev–Trinajstić information content (AvgIpc) is 2.81. The topological polar surface area (TPSA) is 110 Å². The van der Waals surface area contributed by atoms with E-state index in [1.54, 1.807) is 30.3 Å². The molecule has 3 aromatic carbocycles. The molecule has 1 amide bonds. The zero-order chi connectivity index (χ0) is 22.4. The number of hydrogen-bond donors (Lipinski definition) is 2. The maximum atomic E-state index is 12.6. The molecule has 0 aliphatic carbocycles. The molecule has 8 nitrogen and oxygen atoms in total. The van der Waals surface area contributed by atoms with Crippen LogP contribution >= 0.6 is 0 Å². The number of sulfonamides is 1. The van der Waals surface area contributed by atoms with Crippen molar-refractivity contribution in [2.24, 2.45) is 0 Å². The van der Waals surface area contributed by atoms with Gasteiger partial charge in [0.2, 0.25) is 5.95 Å². The van der Waals surface area contributed by atoms with Crippen molar-refractivity contribution in [3.05, 3.63) is 103 Å². The van der Waals surface area contributed by atoms with Crippen molar-refractivity contribution >= 4 is 27.6 Å². The maximum absolute atomic E-state index is 12.6. The van der Waals surface area contributed by atoms with Gasteiger partial charge in [0.05, 0.1) is 4.90 Å². The first-order valence-electron chi connectivity index (χ1n) is 9.54. The Morgan fingerprint density at radius 1 is 0.781 bits per heavy atom. The van der Waals surface area contributed by atoms with Crippen LogP contribution < -0.4 is 14.8 Å². The molecule has 2 N–H and O–H groups in total. The highest BCUT2D eigenvalue weighted by molar-refractivity contribution is 7.92. The van der Waals surface area contributed by atoms with E-state index in [2.05, 4.69) is 20.0 Å². The van der Waals surface area contributed by atoms with E-state index in [9.17, 15) is 13.2 Å². The van der Waals surface area contributed by atoms with E-state index in [0.717, 1.165) is 0 Å². The number of nitrogens with one attached hydrogen (secondary N) is 2. The lowest BCUT2D eigenvalue weighted by Crippen LogP contribution is -2.15. The summed E-state index contributed by atoms with van der Waals surface area (Å²) in [7, 11) is -3.85. The monoisotopic (exact) mass is 446 g/mol. The molecule has 0 fully saturated rings. The second-order valence-corrected chi connectivity index (χ2v) is 8.28. The van der Waals surface area contributed by atoms with Crippen LogP contribution in [-0.4, -0.2) is 24.3 Å². The summed E-state index contributed by atoms with van der Waals surface area (Å²) in [4.78, 5) is 20.3. The van der Waals surface area contributed by atoms with Gasteiger partial charge in [0, 0.05) is 23.6 Å². The van der Waals surface area contributed by atoms with Gasteiger partial charge in [-0.15, -0.1) is 0 Å². The molecule has 1 heterocycles. The number of nitrogens with zero attached hydrogens (tertiary/aromatic N) is 2. The predicted octanol–water partition coefficient (Wildman–Crippen LogP) is 4.32. The van der Waals surface area contributed by atoms with Gasteiger partial charge in [-0.25, -0.2) is 23.1 Å². The van der Waals surface area contributed by atoms with Gasteiger partial charge in [0.25, 0.3) is 15.9 Å². The summed E-state index contributed by atoms with van der Waals surface area (Å²) < 4.78 is 33.0. The van der Waals surface area contributed by atoms with Gasteiger partial charge in [0.1, 0.15) is 11.5 Å². The lowest BCUT2D eigenvalue weighted by atomic mass is 10.2. The summed E-state index contributed by atoms with van der Waals surface area (Å²) in [5, 5.41) is 2.74. The molecule has 0 aliphatic heterocycles. The molecule has 0 unspecified atom stereocenters. The average molecular weight is 446 g/mol. The number of aromatic nitrogens is 2. The Labute approximate surface area is 185 Å². The molecule has 0 spiro atoms. The second kappa shape index (κ2) is 9.27. The molecule has 4 rings (SSSR count). The molecule has 0 saturated carbocycles. The van der Waals surface area contributed by atoms with Gasteiger partial charge in [-0.2, -0.15) is 0 Å². The SMILES string of the molecule is O=C(Nc1ccc(S(=O)(=O)Nc2ncccn2)cc1)c1cccc(Oc2ccccc2)c1. The first-order chi connectivity index (χ1) is 15.5. The van der Waals surface area contributed by atoms with Gasteiger partial charge in [0.15, 0.2) is 0 Å². The van der Waals surface area contributed by atoms with Crippen molar-refractivity contribution in [2.45, 2.75) is 4.90 Å². The Bertz CT molecular complexity index is 1310. The molecule has 160 valence electrons. The van der Waals surface area contributed by atoms with E-state index < -0.39 is 10.0 Å². The van der Waals surface area contributed by atoms with Crippen LogP contribution in [0.3, 0.4) is 0 Å². The Morgan fingerprint density at radius 3 is 2.19 bits per heavy atom. The van der Waals surface area contributed by atoms with Crippen molar-refractivity contribution in [1.29, 1.82) is 0 Å². The van der Waals surface area contributed by atoms with Crippen LogP contribution in [0.2, 0.25) is 0 Å². The van der Waals surface area contributed by atoms with Gasteiger partial charge in [-0.05, 0) is 60.7 Å². The maximum Gasteiger partial charge on any atom is 0.264 e. The third kappa shape index (κ3) is 5.27. The molecule has 0 saturated heterocycles. The Hall–Kier alpha value is -4.24. The zero-order valence-electron chi connectivity index (χ0n) is 16.7. The molecule has 0 aliphatic rings. The van der Waals surface area contributed by atoms with Crippen molar-refractivity contribution < 1.29 is 17.9 Å². The lowest BCUT2D eigenvalue weighted by Gasteiger charge is -2.10. The summed E-state index contributed by atoms with van der Waals surface area (Å²) in [6, 6.07) is 23.4. The summed E-state index contributed by atoms with van der Waals surface area (Å²) in [6.07, 6.45) is 2.87. The van der Waals surface area contributed by atoms with Crippen molar-refractivity contribution in [2.75, 3.05) is 10.0 Å². The largest absolute Gasteiger partial charge is 0.457 e. The fourth-order valence-electron chi connectivity index (χ4n) is 2.78. The van der Waals surface area contributed by atoms with Crippen LogP contribution in [0.4, 0.5) is 11.6 Å². The van der Waals surface area contributed by atoms with E-state index in [4.69, 9.17) is 4.74 Å². The highest BCUT2D eigenvalue weighted by Crippen LogP contribution is 2.23. The number of rotatable bonds is 7. The lowest BCUT2D eigenvalue weighted by molar-refractivity contribution is 0.102. The number of carbonyl (C=O) groups is 1. The van der Waals surface area contributed by atoms with Crippen molar-refractivity contribution in [3.63, 3.8) is 0 Å². The minimum Gasteiger partial charge on any atom is -0.457 e. The van der Waals surface area contributed by atoms with Gasteiger partial charge in [-0.3, -0.25) is 4.79 Å². The quantitative estimate of drug-likeness (QED) is 0.437. The van der Waals surface area contributed by atoms with E-state index in [1.165, 1.54) is 36.7 Å². The Kier molecular flexibility index (Phi) is 6.09. The number of hydrogen-bond acceptors (Lipinski definition) is 6. The fourth-order valence-corrected chi connectivity index (χ4v) is 3.74. The first kappa shape index (κ1) is 21.0. The normalized spacial score (nSPS) is 10.9. The number of benzene rings is 3. The summed E-state index contributed by atoms with van der Waals surface area (Å²) >= 11 is 0. The Morgan fingerprint density at radius 2 is 1.47 bits per heavy atom. The highest BCUT2D eigenvalue weighted by Gasteiger charge is 2.16. The van der Waals surface area contributed by atoms with Crippen LogP contribution in [0, 0.1) is 0 Å². The number of carbonyl (C=O) groups excluding carboxylic acids is 1. The zero-order valence-corrected chi connectivity index (χ0v) is 17.5. The van der Waals surface area contributed by atoms with Crippen LogP contribution in [0.15, 0.2) is 102 Å². The summed E-state index contributed by atoms with van der Waals surface area (Å²) in [5.74, 6) is 0.813. The molecule has 9 heteroatoms. The number of amides is 1. The molecular weight excluding hydrogens is 428 g/mol. The Balaban J connectivity index is 1.43. The van der Waals surface area contributed by atoms with Crippen molar-refractivity contribution in [1.82, 2.24) is 9.97 Å². The smallest absolute Gasteiger partial charge is 0.264 e. The molecular formula is C23H18N4O4S. The van der Waals surface area contributed by atoms with Crippen LogP contribution in [0.5, 0.6) is 11.5 Å². The van der Waals surface area contributed by atoms with E-state index in [1.807, 2.05) is 30.3 Å². The van der Waals surface area contributed by atoms with Crippen LogP contribution in [0.1, 0.15) is 10.4 Å². The van der Waals surface area contributed by atoms with Crippen LogP contribution in [0.25, 0.3) is 0 Å². The molecule has 4 aromatic rings. The number of para-hydroxylation sites is 1. The molecule has 0 radical (unpaired) electrons. The standard InChI is InChI=1S/C23H18N4O4S/c28-22(17-6-4-9-20(16-17)31-19-7-2-1-3-8-19)26-18-10-12-21(13-11-18)32(29,30)27-23-24-14-5-15-25-23/h1-16H,(H,26,28)(H,24,25,27). The second-order valence-electron chi connectivity index (χ2n) is 6.60. The predicted molar refractivity (Wildman–Crippen MR) is 120 cm³/mol.